The van der Waals surface area contributed by atoms with E-state index < -0.39 is 0 Å². The Balaban J connectivity index is 1.87. The molecule has 0 amide bonds. The van der Waals surface area contributed by atoms with Crippen molar-refractivity contribution in [2.24, 2.45) is 0 Å². The van der Waals surface area contributed by atoms with Gasteiger partial charge in [-0.3, -0.25) is 0 Å². The topological polar surface area (TPSA) is 30.5 Å². The first kappa shape index (κ1) is 13.4. The quantitative estimate of drug-likeness (QED) is 0.840. The molecule has 100 valence electrons. The molecule has 1 atom stereocenters. The molecular formula is C15H23NO2. The van der Waals surface area contributed by atoms with Crippen LogP contribution in [0.25, 0.3) is 0 Å². The average Bonchev–Trinajstić information content (AvgIpc) is 2.88. The Morgan fingerprint density at radius 1 is 1.44 bits per heavy atom. The van der Waals surface area contributed by atoms with E-state index in [1.807, 2.05) is 0 Å². The molecule has 0 spiro atoms. The molecule has 0 saturated carbocycles. The van der Waals surface area contributed by atoms with Crippen molar-refractivity contribution in [2.45, 2.75) is 39.3 Å². The number of rotatable bonds is 6. The second-order valence-corrected chi connectivity index (χ2v) is 4.88. The Bertz CT molecular complexity index is 373. The van der Waals surface area contributed by atoms with Crippen molar-refractivity contribution in [3.05, 3.63) is 29.3 Å². The van der Waals surface area contributed by atoms with Crippen LogP contribution >= 0.6 is 0 Å². The second-order valence-electron chi connectivity index (χ2n) is 4.88. The van der Waals surface area contributed by atoms with Gasteiger partial charge in [0.25, 0.3) is 0 Å². The molecule has 1 aromatic carbocycles. The molecule has 18 heavy (non-hydrogen) atoms. The van der Waals surface area contributed by atoms with Gasteiger partial charge < -0.3 is 14.8 Å². The van der Waals surface area contributed by atoms with E-state index in [-0.39, 0.29) is 0 Å². The van der Waals surface area contributed by atoms with E-state index in [9.17, 15) is 0 Å². The summed E-state index contributed by atoms with van der Waals surface area (Å²) in [6, 6.07) is 6.85. The molecule has 3 heteroatoms. The first-order valence-electron chi connectivity index (χ1n) is 6.83. The van der Waals surface area contributed by atoms with Crippen LogP contribution in [-0.2, 0) is 11.3 Å². The number of benzene rings is 1. The van der Waals surface area contributed by atoms with Gasteiger partial charge in [-0.25, -0.2) is 0 Å². The summed E-state index contributed by atoms with van der Waals surface area (Å²) in [6.45, 7) is 7.69. The van der Waals surface area contributed by atoms with Gasteiger partial charge in [-0.15, -0.1) is 0 Å². The lowest BCUT2D eigenvalue weighted by Gasteiger charge is -2.13. The highest BCUT2D eigenvalue weighted by Gasteiger charge is 2.14. The maximum Gasteiger partial charge on any atom is 0.119 e. The minimum absolute atomic E-state index is 0.514. The lowest BCUT2D eigenvalue weighted by Crippen LogP contribution is -2.28. The molecule has 1 aliphatic heterocycles. The molecule has 1 N–H and O–H groups in total. The van der Waals surface area contributed by atoms with Crippen LogP contribution in [0.1, 0.15) is 30.9 Å². The predicted molar refractivity (Wildman–Crippen MR) is 73.0 cm³/mol. The van der Waals surface area contributed by atoms with Gasteiger partial charge in [0.15, 0.2) is 0 Å². The number of ether oxygens (including phenoxy) is 2. The normalized spacial score (nSPS) is 19.1. The minimum atomic E-state index is 0.514. The summed E-state index contributed by atoms with van der Waals surface area (Å²) in [6.07, 6.45) is 2.17. The lowest BCUT2D eigenvalue weighted by atomic mass is 10.1. The van der Waals surface area contributed by atoms with Crippen molar-refractivity contribution in [2.75, 3.05) is 19.8 Å². The fraction of sp³-hybridized carbons (Fsp3) is 0.600. The molecule has 1 heterocycles. The summed E-state index contributed by atoms with van der Waals surface area (Å²) < 4.78 is 11.0. The zero-order valence-electron chi connectivity index (χ0n) is 11.4. The van der Waals surface area contributed by atoms with E-state index in [1.165, 1.54) is 11.1 Å². The fourth-order valence-corrected chi connectivity index (χ4v) is 2.13. The van der Waals surface area contributed by atoms with Crippen LogP contribution < -0.4 is 10.1 Å². The number of aryl methyl sites for hydroxylation is 1. The zero-order chi connectivity index (χ0) is 12.8. The van der Waals surface area contributed by atoms with Crippen LogP contribution in [0.5, 0.6) is 5.75 Å². The molecule has 0 radical (unpaired) electrons. The monoisotopic (exact) mass is 249 g/mol. The molecule has 1 aliphatic rings. The third-order valence-corrected chi connectivity index (χ3v) is 3.30. The van der Waals surface area contributed by atoms with Gasteiger partial charge in [-0.05, 0) is 43.0 Å². The van der Waals surface area contributed by atoms with E-state index in [0.29, 0.717) is 6.04 Å². The molecule has 1 saturated heterocycles. The molecule has 0 aromatic heterocycles. The van der Waals surface area contributed by atoms with E-state index in [0.717, 1.165) is 45.0 Å². The third kappa shape index (κ3) is 3.72. The van der Waals surface area contributed by atoms with Crippen molar-refractivity contribution in [3.8, 4) is 5.75 Å². The van der Waals surface area contributed by atoms with Crippen LogP contribution in [-0.4, -0.2) is 25.9 Å². The molecule has 3 nitrogen and oxygen atoms in total. The van der Waals surface area contributed by atoms with Gasteiger partial charge in [0.05, 0.1) is 13.2 Å². The van der Waals surface area contributed by atoms with Crippen LogP contribution in [0.4, 0.5) is 0 Å². The molecule has 0 unspecified atom stereocenters. The number of hydrogen-bond acceptors (Lipinski definition) is 3. The first-order valence-corrected chi connectivity index (χ1v) is 6.83. The Hall–Kier alpha value is -1.06. The summed E-state index contributed by atoms with van der Waals surface area (Å²) in [5.74, 6) is 0.974. The molecular weight excluding hydrogens is 226 g/mol. The number of hydrogen-bond donors (Lipinski definition) is 1. The standard InChI is InChI=1S/C15H23NO2/c1-3-7-18-15-5-4-13(12(2)9-15)10-16-14-6-8-17-11-14/h4-5,9,14,16H,3,6-8,10-11H2,1-2H3/t14-/m1/s1. The van der Waals surface area contributed by atoms with E-state index in [4.69, 9.17) is 9.47 Å². The van der Waals surface area contributed by atoms with Gasteiger partial charge in [0.1, 0.15) is 5.75 Å². The second kappa shape index (κ2) is 6.76. The van der Waals surface area contributed by atoms with Gasteiger partial charge >= 0.3 is 0 Å². The summed E-state index contributed by atoms with van der Waals surface area (Å²) in [4.78, 5) is 0. The minimum Gasteiger partial charge on any atom is -0.494 e. The zero-order valence-corrected chi connectivity index (χ0v) is 11.4. The van der Waals surface area contributed by atoms with Crippen LogP contribution in [0.3, 0.4) is 0 Å². The van der Waals surface area contributed by atoms with Gasteiger partial charge in [0, 0.05) is 19.2 Å². The summed E-state index contributed by atoms with van der Waals surface area (Å²) in [5, 5.41) is 3.54. The van der Waals surface area contributed by atoms with Crippen molar-refractivity contribution in [1.82, 2.24) is 5.32 Å². The molecule has 2 rings (SSSR count). The van der Waals surface area contributed by atoms with Crippen molar-refractivity contribution in [1.29, 1.82) is 0 Å². The van der Waals surface area contributed by atoms with Crippen LogP contribution in [0.2, 0.25) is 0 Å². The third-order valence-electron chi connectivity index (χ3n) is 3.30. The molecule has 0 aliphatic carbocycles. The van der Waals surface area contributed by atoms with Crippen LogP contribution in [0.15, 0.2) is 18.2 Å². The van der Waals surface area contributed by atoms with E-state index in [2.05, 4.69) is 37.4 Å². The molecule has 1 aromatic rings. The SMILES string of the molecule is CCCOc1ccc(CN[C@@H]2CCOC2)c(C)c1. The summed E-state index contributed by atoms with van der Waals surface area (Å²) in [7, 11) is 0. The molecule has 0 bridgehead atoms. The molecule has 1 fully saturated rings. The van der Waals surface area contributed by atoms with Crippen molar-refractivity contribution >= 4 is 0 Å². The average molecular weight is 249 g/mol. The van der Waals surface area contributed by atoms with E-state index >= 15 is 0 Å². The predicted octanol–water partition coefficient (Wildman–Crippen LogP) is 2.66. The fourth-order valence-electron chi connectivity index (χ4n) is 2.13. The lowest BCUT2D eigenvalue weighted by molar-refractivity contribution is 0.190. The summed E-state index contributed by atoms with van der Waals surface area (Å²) >= 11 is 0. The Morgan fingerprint density at radius 3 is 3.00 bits per heavy atom. The highest BCUT2D eigenvalue weighted by atomic mass is 16.5. The largest absolute Gasteiger partial charge is 0.494 e. The highest BCUT2D eigenvalue weighted by molar-refractivity contribution is 5.34. The Labute approximate surface area is 109 Å². The van der Waals surface area contributed by atoms with Gasteiger partial charge in [-0.2, -0.15) is 0 Å². The van der Waals surface area contributed by atoms with Crippen molar-refractivity contribution in [3.63, 3.8) is 0 Å². The Morgan fingerprint density at radius 2 is 2.33 bits per heavy atom. The van der Waals surface area contributed by atoms with Crippen LogP contribution in [0, 0.1) is 6.92 Å². The van der Waals surface area contributed by atoms with Gasteiger partial charge in [0.2, 0.25) is 0 Å². The first-order chi connectivity index (χ1) is 8.79. The van der Waals surface area contributed by atoms with E-state index in [1.54, 1.807) is 0 Å². The highest BCUT2D eigenvalue weighted by Crippen LogP contribution is 2.18. The maximum atomic E-state index is 5.63. The van der Waals surface area contributed by atoms with Crippen molar-refractivity contribution < 1.29 is 9.47 Å². The maximum absolute atomic E-state index is 5.63. The number of nitrogens with one attached hydrogen (secondary N) is 1. The van der Waals surface area contributed by atoms with Gasteiger partial charge in [-0.1, -0.05) is 13.0 Å². The smallest absolute Gasteiger partial charge is 0.119 e. The summed E-state index contributed by atoms with van der Waals surface area (Å²) in [5.41, 5.74) is 2.63. The Kier molecular flexibility index (Phi) is 5.02.